The van der Waals surface area contributed by atoms with Gasteiger partial charge >= 0.3 is 0 Å². The number of benzene rings is 1. The summed E-state index contributed by atoms with van der Waals surface area (Å²) in [5.41, 5.74) is 6.81. The lowest BCUT2D eigenvalue weighted by molar-refractivity contribution is 0.486. The molecule has 0 fully saturated rings. The van der Waals surface area contributed by atoms with E-state index in [1.54, 1.807) is 0 Å². The average Bonchev–Trinajstić information content (AvgIpc) is 2.21. The number of nitrogens with one attached hydrogen (secondary N) is 1. The first kappa shape index (κ1) is 12.7. The highest BCUT2D eigenvalue weighted by Gasteiger charge is 1.99. The molecular formula is C12H19BrN2. The van der Waals surface area contributed by atoms with Crippen molar-refractivity contribution in [2.24, 2.45) is 11.7 Å². The van der Waals surface area contributed by atoms with Crippen LogP contribution in [0.4, 0.5) is 0 Å². The van der Waals surface area contributed by atoms with Crippen LogP contribution in [0.2, 0.25) is 0 Å². The molecule has 0 radical (unpaired) electrons. The normalized spacial score (nSPS) is 12.7. The lowest BCUT2D eigenvalue weighted by Crippen LogP contribution is -2.22. The molecule has 84 valence electrons. The van der Waals surface area contributed by atoms with E-state index in [9.17, 15) is 0 Å². The summed E-state index contributed by atoms with van der Waals surface area (Å²) in [5, 5.41) is 3.43. The molecule has 0 aliphatic heterocycles. The molecule has 15 heavy (non-hydrogen) atoms. The van der Waals surface area contributed by atoms with Gasteiger partial charge in [0.2, 0.25) is 0 Å². The maximum Gasteiger partial charge on any atom is 0.0205 e. The van der Waals surface area contributed by atoms with Crippen LogP contribution in [0.15, 0.2) is 28.7 Å². The zero-order valence-electron chi connectivity index (χ0n) is 9.17. The van der Waals surface area contributed by atoms with Crippen molar-refractivity contribution in [3.63, 3.8) is 0 Å². The third-order valence-corrected chi connectivity index (χ3v) is 2.92. The standard InChI is InChI=1S/C12H19BrN2/c1-10(6-7-14)8-15-9-11-2-4-12(13)5-3-11/h2-5,10,15H,6-9,14H2,1H3. The molecular weight excluding hydrogens is 252 g/mol. The Morgan fingerprint density at radius 1 is 1.33 bits per heavy atom. The second-order valence-electron chi connectivity index (χ2n) is 3.94. The van der Waals surface area contributed by atoms with Crippen LogP contribution in [0.3, 0.4) is 0 Å². The van der Waals surface area contributed by atoms with Gasteiger partial charge < -0.3 is 11.1 Å². The van der Waals surface area contributed by atoms with E-state index in [1.165, 1.54) is 5.56 Å². The van der Waals surface area contributed by atoms with E-state index in [2.05, 4.69) is 52.4 Å². The summed E-state index contributed by atoms with van der Waals surface area (Å²) in [6, 6.07) is 8.40. The zero-order valence-corrected chi connectivity index (χ0v) is 10.8. The summed E-state index contributed by atoms with van der Waals surface area (Å²) in [6.07, 6.45) is 1.09. The highest BCUT2D eigenvalue weighted by atomic mass is 79.9. The van der Waals surface area contributed by atoms with Crippen LogP contribution in [0, 0.1) is 5.92 Å². The fraction of sp³-hybridized carbons (Fsp3) is 0.500. The minimum atomic E-state index is 0.658. The summed E-state index contributed by atoms with van der Waals surface area (Å²) in [7, 11) is 0. The Kier molecular flexibility index (Phi) is 5.91. The summed E-state index contributed by atoms with van der Waals surface area (Å²) >= 11 is 3.42. The molecule has 0 saturated heterocycles. The Balaban J connectivity index is 2.22. The van der Waals surface area contributed by atoms with Crippen LogP contribution in [-0.2, 0) is 6.54 Å². The first-order valence-corrected chi connectivity index (χ1v) is 6.17. The Morgan fingerprint density at radius 3 is 2.60 bits per heavy atom. The maximum atomic E-state index is 5.50. The Labute approximate surface area is 100 Å². The van der Waals surface area contributed by atoms with Gasteiger partial charge in [0.25, 0.3) is 0 Å². The Hall–Kier alpha value is -0.380. The Morgan fingerprint density at radius 2 is 2.00 bits per heavy atom. The molecule has 0 amide bonds. The third kappa shape index (κ3) is 5.30. The van der Waals surface area contributed by atoms with E-state index in [1.807, 2.05) is 0 Å². The van der Waals surface area contributed by atoms with Crippen LogP contribution in [0.5, 0.6) is 0 Å². The van der Waals surface area contributed by atoms with Crippen molar-refractivity contribution in [3.8, 4) is 0 Å². The molecule has 3 heteroatoms. The molecule has 1 aromatic carbocycles. The molecule has 0 bridgehead atoms. The lowest BCUT2D eigenvalue weighted by Gasteiger charge is -2.11. The second-order valence-corrected chi connectivity index (χ2v) is 4.86. The molecule has 1 atom stereocenters. The first-order chi connectivity index (χ1) is 7.22. The van der Waals surface area contributed by atoms with Crippen molar-refractivity contribution in [2.75, 3.05) is 13.1 Å². The summed E-state index contributed by atoms with van der Waals surface area (Å²) in [4.78, 5) is 0. The molecule has 2 nitrogen and oxygen atoms in total. The van der Waals surface area contributed by atoms with Crippen molar-refractivity contribution >= 4 is 15.9 Å². The summed E-state index contributed by atoms with van der Waals surface area (Å²) in [6.45, 7) is 4.97. The van der Waals surface area contributed by atoms with Crippen molar-refractivity contribution < 1.29 is 0 Å². The lowest BCUT2D eigenvalue weighted by atomic mass is 10.1. The van der Waals surface area contributed by atoms with Gasteiger partial charge in [-0.15, -0.1) is 0 Å². The highest BCUT2D eigenvalue weighted by Crippen LogP contribution is 2.10. The third-order valence-electron chi connectivity index (χ3n) is 2.39. The smallest absolute Gasteiger partial charge is 0.0205 e. The molecule has 0 aliphatic carbocycles. The van der Waals surface area contributed by atoms with Gasteiger partial charge in [-0.2, -0.15) is 0 Å². The van der Waals surface area contributed by atoms with Crippen molar-refractivity contribution in [1.29, 1.82) is 0 Å². The second kappa shape index (κ2) is 6.99. The molecule has 1 unspecified atom stereocenters. The fourth-order valence-corrected chi connectivity index (χ4v) is 1.72. The van der Waals surface area contributed by atoms with Gasteiger partial charge in [-0.1, -0.05) is 35.0 Å². The van der Waals surface area contributed by atoms with E-state index in [4.69, 9.17) is 5.73 Å². The minimum absolute atomic E-state index is 0.658. The Bertz CT molecular complexity index is 271. The van der Waals surface area contributed by atoms with Gasteiger partial charge in [0.15, 0.2) is 0 Å². The van der Waals surface area contributed by atoms with Crippen LogP contribution < -0.4 is 11.1 Å². The molecule has 0 saturated carbocycles. The number of rotatable bonds is 6. The van der Waals surface area contributed by atoms with Gasteiger partial charge in [-0.3, -0.25) is 0 Å². The number of halogens is 1. The average molecular weight is 271 g/mol. The van der Waals surface area contributed by atoms with Gasteiger partial charge in [0.05, 0.1) is 0 Å². The van der Waals surface area contributed by atoms with E-state index in [0.717, 1.165) is 30.5 Å². The molecule has 3 N–H and O–H groups in total. The molecule has 1 aromatic rings. The zero-order chi connectivity index (χ0) is 11.1. The minimum Gasteiger partial charge on any atom is -0.330 e. The van der Waals surface area contributed by atoms with E-state index in [-0.39, 0.29) is 0 Å². The van der Waals surface area contributed by atoms with E-state index < -0.39 is 0 Å². The predicted octanol–water partition coefficient (Wildman–Crippen LogP) is 2.52. The van der Waals surface area contributed by atoms with Crippen LogP contribution in [-0.4, -0.2) is 13.1 Å². The van der Waals surface area contributed by atoms with Crippen LogP contribution in [0.1, 0.15) is 18.9 Å². The number of nitrogens with two attached hydrogens (primary N) is 1. The number of hydrogen-bond donors (Lipinski definition) is 2. The molecule has 0 spiro atoms. The molecule has 0 heterocycles. The predicted molar refractivity (Wildman–Crippen MR) is 68.7 cm³/mol. The van der Waals surface area contributed by atoms with Gasteiger partial charge in [-0.05, 0) is 43.1 Å². The summed E-state index contributed by atoms with van der Waals surface area (Å²) in [5.74, 6) is 0.658. The van der Waals surface area contributed by atoms with Crippen molar-refractivity contribution in [1.82, 2.24) is 5.32 Å². The van der Waals surface area contributed by atoms with Crippen LogP contribution >= 0.6 is 15.9 Å². The van der Waals surface area contributed by atoms with Gasteiger partial charge in [-0.25, -0.2) is 0 Å². The monoisotopic (exact) mass is 270 g/mol. The maximum absolute atomic E-state index is 5.50. The first-order valence-electron chi connectivity index (χ1n) is 5.37. The van der Waals surface area contributed by atoms with Crippen LogP contribution in [0.25, 0.3) is 0 Å². The molecule has 1 rings (SSSR count). The van der Waals surface area contributed by atoms with E-state index in [0.29, 0.717) is 5.92 Å². The van der Waals surface area contributed by atoms with Gasteiger partial charge in [0, 0.05) is 11.0 Å². The fourth-order valence-electron chi connectivity index (χ4n) is 1.45. The largest absolute Gasteiger partial charge is 0.330 e. The van der Waals surface area contributed by atoms with Crippen molar-refractivity contribution in [2.45, 2.75) is 19.9 Å². The highest BCUT2D eigenvalue weighted by molar-refractivity contribution is 9.10. The topological polar surface area (TPSA) is 38.0 Å². The van der Waals surface area contributed by atoms with Crippen molar-refractivity contribution in [3.05, 3.63) is 34.3 Å². The number of hydrogen-bond acceptors (Lipinski definition) is 2. The molecule has 0 aliphatic rings. The quantitative estimate of drug-likeness (QED) is 0.834. The molecule has 0 aromatic heterocycles. The SMILES string of the molecule is CC(CCN)CNCc1ccc(Br)cc1. The summed E-state index contributed by atoms with van der Waals surface area (Å²) < 4.78 is 1.13. The van der Waals surface area contributed by atoms with E-state index >= 15 is 0 Å². The van der Waals surface area contributed by atoms with Gasteiger partial charge in [0.1, 0.15) is 0 Å².